The van der Waals surface area contributed by atoms with Gasteiger partial charge < -0.3 is 34.9 Å². The van der Waals surface area contributed by atoms with Crippen LogP contribution in [0, 0.1) is 13.8 Å². The van der Waals surface area contributed by atoms with E-state index in [0.717, 1.165) is 123 Å². The molecule has 4 aliphatic heterocycles. The van der Waals surface area contributed by atoms with Crippen molar-refractivity contribution in [2.45, 2.75) is 96.3 Å². The Bertz CT molecular complexity index is 2710. The van der Waals surface area contributed by atoms with E-state index in [0.29, 0.717) is 47.7 Å². The number of thiol groups is 1. The third kappa shape index (κ3) is 18.1. The Balaban J connectivity index is 0.000000183. The molecule has 10 rings (SSSR count). The van der Waals surface area contributed by atoms with E-state index in [1.807, 2.05) is 99.3 Å². The molecule has 0 radical (unpaired) electrons. The summed E-state index contributed by atoms with van der Waals surface area (Å²) in [5.41, 5.74) is 15.2. The van der Waals surface area contributed by atoms with Crippen molar-refractivity contribution in [3.63, 3.8) is 0 Å². The summed E-state index contributed by atoms with van der Waals surface area (Å²) in [6, 6.07) is 29.0. The minimum Gasteiger partial charge on any atom is -0.488 e. The lowest BCUT2D eigenvalue weighted by Gasteiger charge is -2.45. The van der Waals surface area contributed by atoms with E-state index in [9.17, 15) is 5.02 Å². The molecule has 0 saturated carbocycles. The van der Waals surface area contributed by atoms with Gasteiger partial charge in [-0.05, 0) is 99.6 Å². The van der Waals surface area contributed by atoms with Gasteiger partial charge in [-0.3, -0.25) is 39.5 Å². The van der Waals surface area contributed by atoms with Crippen LogP contribution in [0.5, 0.6) is 11.5 Å². The maximum atomic E-state index is 9.85. The number of halogens is 2. The standard InChI is InChI=1S/C25H36BClN4O3.C23H31ClN4O2S.2C6H7N/c1-4-20(29-26(2)32)15-30-11-12-31(16-21(30)9-13-33-3)25-22-8-7-19(27)14-23(22)34-17-18-6-5-10-28-24(18)25;1-29-10-6-19-13-28(9-8-27(19)12-18(25)15-31)23-20-5-4-17(24)11-21(20)30-14-16-3-2-7-26-22(16)23;2*1-6-3-2-4-7-5-6/h5-8,10,14,20-21,25,29,32H,4,9,11-13,15-17H2,1-3H3;2-5,7,11,18-19,23,31H,6,8-10,12-15,25H2,1H3;2*2-5H,1H3/t20?,21-,25?;18-,19+,23?;;/m01../s1. The topological polar surface area (TPSA) is 160 Å². The van der Waals surface area contributed by atoms with E-state index in [2.05, 4.69) is 78.6 Å². The van der Waals surface area contributed by atoms with Crippen LogP contribution in [0.3, 0.4) is 0 Å². The number of nitrogens with one attached hydrogen (secondary N) is 1. The molecule has 79 heavy (non-hydrogen) atoms. The monoisotopic (exact) mass is 1130 g/mol. The van der Waals surface area contributed by atoms with Crippen LogP contribution in [0.2, 0.25) is 16.9 Å². The molecule has 2 aromatic carbocycles. The van der Waals surface area contributed by atoms with Crippen LogP contribution >= 0.6 is 35.8 Å². The molecule has 8 heterocycles. The summed E-state index contributed by atoms with van der Waals surface area (Å²) in [4.78, 5) is 27.5. The molecule has 4 N–H and O–H groups in total. The highest BCUT2D eigenvalue weighted by atomic mass is 35.5. The first-order valence-corrected chi connectivity index (χ1v) is 29.0. The van der Waals surface area contributed by atoms with Crippen molar-refractivity contribution in [2.75, 3.05) is 85.5 Å². The number of pyridine rings is 4. The van der Waals surface area contributed by atoms with Crippen LogP contribution in [-0.2, 0) is 22.7 Å². The molecule has 424 valence electrons. The molecule has 2 saturated heterocycles. The van der Waals surface area contributed by atoms with E-state index in [1.165, 1.54) is 11.1 Å². The van der Waals surface area contributed by atoms with Crippen molar-refractivity contribution in [1.82, 2.24) is 44.8 Å². The minimum absolute atomic E-state index is 0.00993. The lowest BCUT2D eigenvalue weighted by molar-refractivity contribution is 0.0335. The molecular formula is C60H81BCl2N10O5S. The summed E-state index contributed by atoms with van der Waals surface area (Å²) in [7, 11) is 3.01. The SMILES string of the molecule is CCC(CN1CCN(C2c3ccc(Cl)cc3OCc3cccnc32)C[C@@H]1CCOC)NB(C)O.COCC[C@H]1CN(C2c3ccc(Cl)cc3OCc3cccnc32)CCN1C[C@@H](N)CS.Cc1cccnc1.Cc1cccnc1. The van der Waals surface area contributed by atoms with Gasteiger partial charge >= 0.3 is 7.05 Å². The quantitative estimate of drug-likeness (QED) is 0.0537. The molecule has 2 fully saturated rings. The number of aryl methyl sites for hydroxylation is 2. The number of aromatic nitrogens is 4. The van der Waals surface area contributed by atoms with Gasteiger partial charge in [-0.1, -0.05) is 66.5 Å². The first kappa shape index (κ1) is 61.9. The number of methoxy groups -OCH3 is 2. The fraction of sp³-hybridized carbons (Fsp3) is 0.467. The van der Waals surface area contributed by atoms with Crippen molar-refractivity contribution >= 4 is 42.9 Å². The highest BCUT2D eigenvalue weighted by Gasteiger charge is 2.39. The van der Waals surface area contributed by atoms with E-state index in [-0.39, 0.29) is 24.2 Å². The van der Waals surface area contributed by atoms with Gasteiger partial charge in [0.2, 0.25) is 0 Å². The highest BCUT2D eigenvalue weighted by molar-refractivity contribution is 7.80. The van der Waals surface area contributed by atoms with E-state index in [1.54, 1.807) is 33.4 Å². The normalized spacial score (nSPS) is 19.9. The molecule has 19 heteroatoms. The number of hydrogen-bond donors (Lipinski definition) is 4. The van der Waals surface area contributed by atoms with Gasteiger partial charge in [0.25, 0.3) is 0 Å². The lowest BCUT2D eigenvalue weighted by atomic mass is 9.86. The first-order valence-electron chi connectivity index (χ1n) is 27.6. The Morgan fingerprint density at radius 1 is 0.709 bits per heavy atom. The van der Waals surface area contributed by atoms with Crippen molar-refractivity contribution < 1.29 is 24.0 Å². The van der Waals surface area contributed by atoms with Gasteiger partial charge in [-0.15, -0.1) is 0 Å². The van der Waals surface area contributed by atoms with Crippen molar-refractivity contribution in [1.29, 1.82) is 0 Å². The summed E-state index contributed by atoms with van der Waals surface area (Å²) in [6.07, 6.45) is 13.8. The molecule has 0 amide bonds. The van der Waals surface area contributed by atoms with E-state index < -0.39 is 7.05 Å². The summed E-state index contributed by atoms with van der Waals surface area (Å²) in [5, 5.41) is 14.5. The molecule has 3 unspecified atom stereocenters. The Kier molecular flexibility index (Phi) is 25.1. The predicted molar refractivity (Wildman–Crippen MR) is 321 cm³/mol. The molecule has 4 aromatic heterocycles. The van der Waals surface area contributed by atoms with Crippen molar-refractivity contribution in [3.8, 4) is 11.5 Å². The van der Waals surface area contributed by atoms with Crippen LogP contribution in [0.4, 0.5) is 0 Å². The zero-order valence-electron chi connectivity index (χ0n) is 46.8. The third-order valence-corrected chi connectivity index (χ3v) is 15.7. The number of benzene rings is 2. The van der Waals surface area contributed by atoms with Crippen LogP contribution in [0.1, 0.15) is 83.0 Å². The molecule has 0 bridgehead atoms. The molecular weight excluding hydrogens is 1050 g/mol. The molecule has 15 nitrogen and oxygen atoms in total. The van der Waals surface area contributed by atoms with Crippen LogP contribution in [-0.4, -0.2) is 161 Å². The first-order chi connectivity index (χ1) is 38.4. The summed E-state index contributed by atoms with van der Waals surface area (Å²) in [5.74, 6) is 2.35. The Hall–Kier alpha value is -4.73. The second kappa shape index (κ2) is 32.1. The predicted octanol–water partition coefficient (Wildman–Crippen LogP) is 8.99. The Morgan fingerprint density at radius 2 is 1.18 bits per heavy atom. The second-order valence-electron chi connectivity index (χ2n) is 20.6. The van der Waals surface area contributed by atoms with Gasteiger partial charge in [0.15, 0.2) is 0 Å². The van der Waals surface area contributed by atoms with Gasteiger partial charge in [-0.2, -0.15) is 12.6 Å². The van der Waals surface area contributed by atoms with Crippen molar-refractivity contribution in [2.24, 2.45) is 5.73 Å². The fourth-order valence-electron chi connectivity index (χ4n) is 10.7. The number of ether oxygens (including phenoxy) is 4. The second-order valence-corrected chi connectivity index (χ2v) is 21.9. The van der Waals surface area contributed by atoms with Crippen LogP contribution in [0.25, 0.3) is 0 Å². The molecule has 0 spiro atoms. The maximum Gasteiger partial charge on any atom is 0.373 e. The van der Waals surface area contributed by atoms with E-state index >= 15 is 0 Å². The van der Waals surface area contributed by atoms with Gasteiger partial charge in [0, 0.05) is 179 Å². The fourth-order valence-corrected chi connectivity index (χ4v) is 11.2. The molecule has 6 aromatic rings. The number of fused-ring (bicyclic) bond motifs is 4. The molecule has 6 atom stereocenters. The zero-order chi connectivity index (χ0) is 56.1. The van der Waals surface area contributed by atoms with Gasteiger partial charge in [0.1, 0.15) is 24.7 Å². The Morgan fingerprint density at radius 3 is 1.57 bits per heavy atom. The number of nitrogens with two attached hydrogens (primary N) is 1. The van der Waals surface area contributed by atoms with E-state index in [4.69, 9.17) is 57.9 Å². The summed E-state index contributed by atoms with van der Waals surface area (Å²) in [6.45, 7) is 17.7. The summed E-state index contributed by atoms with van der Waals surface area (Å²) >= 11 is 17.0. The number of nitrogens with zero attached hydrogens (tertiary/aromatic N) is 8. The number of hydrogen-bond acceptors (Lipinski definition) is 16. The lowest BCUT2D eigenvalue weighted by Crippen LogP contribution is -2.58. The third-order valence-electron chi connectivity index (χ3n) is 14.7. The largest absolute Gasteiger partial charge is 0.488 e. The minimum atomic E-state index is -0.513. The van der Waals surface area contributed by atoms with Crippen LogP contribution in [0.15, 0.2) is 122 Å². The summed E-state index contributed by atoms with van der Waals surface area (Å²) < 4.78 is 23.2. The number of piperazine rings is 2. The van der Waals surface area contributed by atoms with Crippen LogP contribution < -0.4 is 20.4 Å². The molecule has 0 aliphatic carbocycles. The maximum absolute atomic E-state index is 9.85. The average molecular weight is 1140 g/mol. The van der Waals surface area contributed by atoms with Gasteiger partial charge in [0.05, 0.1) is 23.5 Å². The Labute approximate surface area is 485 Å². The highest BCUT2D eigenvalue weighted by Crippen LogP contribution is 2.42. The number of rotatable bonds is 16. The molecule has 4 aliphatic rings. The zero-order valence-corrected chi connectivity index (χ0v) is 49.2. The van der Waals surface area contributed by atoms with Crippen molar-refractivity contribution in [3.05, 3.63) is 177 Å². The average Bonchev–Trinajstić information content (AvgIpc) is 3.81. The van der Waals surface area contributed by atoms with Gasteiger partial charge in [-0.25, -0.2) is 0 Å². The smallest absolute Gasteiger partial charge is 0.373 e.